The van der Waals surface area contributed by atoms with E-state index in [9.17, 15) is 8.78 Å². The van der Waals surface area contributed by atoms with Gasteiger partial charge in [0.15, 0.2) is 11.6 Å². The van der Waals surface area contributed by atoms with Crippen LogP contribution in [0, 0.1) is 11.6 Å². The van der Waals surface area contributed by atoms with E-state index in [2.05, 4.69) is 15.9 Å². The first kappa shape index (κ1) is 10.4. The van der Waals surface area contributed by atoms with E-state index in [1.165, 1.54) is 0 Å². The molecule has 1 rings (SSSR count). The monoisotopic (exact) mass is 250 g/mol. The van der Waals surface area contributed by atoms with E-state index >= 15 is 0 Å². The van der Waals surface area contributed by atoms with Crippen molar-refractivity contribution >= 4 is 15.9 Å². The Morgan fingerprint density at radius 1 is 1.31 bits per heavy atom. The molecule has 0 heterocycles. The topological polar surface area (TPSA) is 9.23 Å². The summed E-state index contributed by atoms with van der Waals surface area (Å²) in [5, 5.41) is 0.782. The quantitative estimate of drug-likeness (QED) is 0.590. The van der Waals surface area contributed by atoms with Gasteiger partial charge in [-0.15, -0.1) is 0 Å². The van der Waals surface area contributed by atoms with E-state index in [0.717, 1.165) is 30.0 Å². The van der Waals surface area contributed by atoms with Gasteiger partial charge in [-0.05, 0) is 18.6 Å². The van der Waals surface area contributed by atoms with Gasteiger partial charge in [0, 0.05) is 11.4 Å². The molecule has 0 aromatic heterocycles. The lowest BCUT2D eigenvalue weighted by Gasteiger charge is -2.05. The van der Waals surface area contributed by atoms with Gasteiger partial charge >= 0.3 is 0 Å². The van der Waals surface area contributed by atoms with Crippen molar-refractivity contribution in [3.63, 3.8) is 0 Å². The fourth-order valence-electron chi connectivity index (χ4n) is 0.824. The van der Waals surface area contributed by atoms with Crippen LogP contribution in [-0.4, -0.2) is 11.9 Å². The average Bonchev–Trinajstić information content (AvgIpc) is 2.11. The molecule has 0 saturated carbocycles. The van der Waals surface area contributed by atoms with Crippen molar-refractivity contribution < 1.29 is 13.5 Å². The lowest BCUT2D eigenvalue weighted by atomic mass is 10.3. The first-order valence-electron chi connectivity index (χ1n) is 3.88. The van der Waals surface area contributed by atoms with Gasteiger partial charge in [0.25, 0.3) is 0 Å². The summed E-state index contributed by atoms with van der Waals surface area (Å²) in [6, 6.07) is 3.16. The Balaban J connectivity index is 2.59. The number of hydrogen-bond donors (Lipinski definition) is 0. The van der Waals surface area contributed by atoms with E-state index in [1.54, 1.807) is 0 Å². The number of hydrogen-bond acceptors (Lipinski definition) is 1. The van der Waals surface area contributed by atoms with E-state index in [1.807, 2.05) is 0 Å². The van der Waals surface area contributed by atoms with Gasteiger partial charge in [0.2, 0.25) is 0 Å². The van der Waals surface area contributed by atoms with Crippen molar-refractivity contribution in [1.29, 1.82) is 0 Å². The summed E-state index contributed by atoms with van der Waals surface area (Å²) in [5.41, 5.74) is 0. The van der Waals surface area contributed by atoms with E-state index < -0.39 is 11.6 Å². The summed E-state index contributed by atoms with van der Waals surface area (Å²) in [4.78, 5) is 0. The molecule has 4 heteroatoms. The molecule has 0 bridgehead atoms. The maximum Gasteiger partial charge on any atom is 0.165 e. The zero-order chi connectivity index (χ0) is 9.68. The minimum atomic E-state index is -0.532. The largest absolute Gasteiger partial charge is 0.490 e. The molecule has 0 fully saturated rings. The zero-order valence-electron chi connectivity index (χ0n) is 6.90. The number of rotatable bonds is 4. The molecule has 0 saturated heterocycles. The standard InChI is InChI=1S/C9H9BrF2O/c10-4-1-5-13-9-6-7(11)2-3-8(9)12/h2-3,6H,1,4-5H2. The van der Waals surface area contributed by atoms with Gasteiger partial charge in [-0.2, -0.15) is 0 Å². The van der Waals surface area contributed by atoms with Gasteiger partial charge in [0.1, 0.15) is 5.82 Å². The molecule has 0 atom stereocenters. The molecule has 13 heavy (non-hydrogen) atoms. The molecule has 0 radical (unpaired) electrons. The predicted molar refractivity (Wildman–Crippen MR) is 50.3 cm³/mol. The van der Waals surface area contributed by atoms with Crippen molar-refractivity contribution in [2.24, 2.45) is 0 Å². The third kappa shape index (κ3) is 3.30. The average molecular weight is 251 g/mol. The summed E-state index contributed by atoms with van der Waals surface area (Å²) >= 11 is 3.21. The number of halogens is 3. The molecule has 1 aromatic rings. The highest BCUT2D eigenvalue weighted by molar-refractivity contribution is 9.09. The van der Waals surface area contributed by atoms with E-state index in [4.69, 9.17) is 4.74 Å². The molecule has 0 aliphatic carbocycles. The Kier molecular flexibility index (Phi) is 4.15. The molecular formula is C9H9BrF2O. The minimum absolute atomic E-state index is 0.0269. The fourth-order valence-corrected chi connectivity index (χ4v) is 1.05. The second-order valence-corrected chi connectivity index (χ2v) is 3.26. The Labute approximate surface area is 83.8 Å². The van der Waals surface area contributed by atoms with E-state index in [-0.39, 0.29) is 5.75 Å². The Hall–Kier alpha value is -0.640. The molecule has 72 valence electrons. The number of benzene rings is 1. The third-order valence-electron chi connectivity index (χ3n) is 1.43. The molecule has 0 unspecified atom stereocenters. The highest BCUT2D eigenvalue weighted by atomic mass is 79.9. The van der Waals surface area contributed by atoms with Crippen molar-refractivity contribution in [2.75, 3.05) is 11.9 Å². The summed E-state index contributed by atoms with van der Waals surface area (Å²) < 4.78 is 30.5. The molecule has 0 spiro atoms. The third-order valence-corrected chi connectivity index (χ3v) is 1.99. The maximum absolute atomic E-state index is 12.9. The van der Waals surface area contributed by atoms with Crippen LogP contribution in [0.3, 0.4) is 0 Å². The van der Waals surface area contributed by atoms with Crippen LogP contribution in [0.4, 0.5) is 8.78 Å². The lowest BCUT2D eigenvalue weighted by molar-refractivity contribution is 0.301. The summed E-state index contributed by atoms with van der Waals surface area (Å²) in [5.74, 6) is -1.05. The molecule has 0 amide bonds. The van der Waals surface area contributed by atoms with Crippen molar-refractivity contribution in [1.82, 2.24) is 0 Å². The molecule has 1 nitrogen and oxygen atoms in total. The second-order valence-electron chi connectivity index (χ2n) is 2.47. The van der Waals surface area contributed by atoms with Crippen molar-refractivity contribution in [3.05, 3.63) is 29.8 Å². The van der Waals surface area contributed by atoms with Gasteiger partial charge < -0.3 is 4.74 Å². The van der Waals surface area contributed by atoms with Crippen LogP contribution in [0.1, 0.15) is 6.42 Å². The second kappa shape index (κ2) is 5.17. The first-order chi connectivity index (χ1) is 6.24. The number of alkyl halides is 1. The van der Waals surface area contributed by atoms with Gasteiger partial charge in [-0.1, -0.05) is 15.9 Å². The smallest absolute Gasteiger partial charge is 0.165 e. The predicted octanol–water partition coefficient (Wildman–Crippen LogP) is 3.13. The highest BCUT2D eigenvalue weighted by Crippen LogP contribution is 2.17. The van der Waals surface area contributed by atoms with Crippen LogP contribution < -0.4 is 4.74 Å². The van der Waals surface area contributed by atoms with Crippen LogP contribution in [-0.2, 0) is 0 Å². The van der Waals surface area contributed by atoms with Crippen LogP contribution in [0.2, 0.25) is 0 Å². The first-order valence-corrected chi connectivity index (χ1v) is 5.00. The zero-order valence-corrected chi connectivity index (χ0v) is 8.48. The van der Waals surface area contributed by atoms with Crippen LogP contribution in [0.5, 0.6) is 5.75 Å². The van der Waals surface area contributed by atoms with Crippen LogP contribution >= 0.6 is 15.9 Å². The molecule has 0 N–H and O–H groups in total. The number of ether oxygens (including phenoxy) is 1. The normalized spacial score (nSPS) is 10.1. The van der Waals surface area contributed by atoms with Gasteiger partial charge in [-0.25, -0.2) is 8.78 Å². The minimum Gasteiger partial charge on any atom is -0.490 e. The van der Waals surface area contributed by atoms with Crippen LogP contribution in [0.15, 0.2) is 18.2 Å². The summed E-state index contributed by atoms with van der Waals surface area (Å²) in [7, 11) is 0. The highest BCUT2D eigenvalue weighted by Gasteiger charge is 2.03. The maximum atomic E-state index is 12.9. The lowest BCUT2D eigenvalue weighted by Crippen LogP contribution is -1.99. The summed E-state index contributed by atoms with van der Waals surface area (Å²) in [6.07, 6.45) is 0.760. The fraction of sp³-hybridized carbons (Fsp3) is 0.333. The molecule has 0 aliphatic heterocycles. The Morgan fingerprint density at radius 2 is 2.08 bits per heavy atom. The van der Waals surface area contributed by atoms with Crippen LogP contribution in [0.25, 0.3) is 0 Å². The van der Waals surface area contributed by atoms with Gasteiger partial charge in [-0.3, -0.25) is 0 Å². The van der Waals surface area contributed by atoms with Crippen molar-refractivity contribution in [2.45, 2.75) is 6.42 Å². The Morgan fingerprint density at radius 3 is 2.77 bits per heavy atom. The Bertz CT molecular complexity index is 278. The molecule has 1 aromatic carbocycles. The molecule has 0 aliphatic rings. The van der Waals surface area contributed by atoms with E-state index in [0.29, 0.717) is 6.61 Å². The van der Waals surface area contributed by atoms with Crippen molar-refractivity contribution in [3.8, 4) is 5.75 Å². The molecular weight excluding hydrogens is 242 g/mol. The van der Waals surface area contributed by atoms with Gasteiger partial charge in [0.05, 0.1) is 6.61 Å². The SMILES string of the molecule is Fc1ccc(F)c(OCCCBr)c1. The summed E-state index contributed by atoms with van der Waals surface area (Å²) in [6.45, 7) is 0.381.